The molecule has 0 bridgehead atoms. The van der Waals surface area contributed by atoms with Gasteiger partial charge in [-0.25, -0.2) is 8.78 Å². The zero-order valence-electron chi connectivity index (χ0n) is 8.98. The van der Waals surface area contributed by atoms with Crippen molar-refractivity contribution in [2.24, 2.45) is 5.92 Å². The van der Waals surface area contributed by atoms with Crippen LogP contribution in [0.25, 0.3) is 0 Å². The SMILES string of the molecule is CCC(C)CNc1c(F)cc(N)cc1F. The summed E-state index contributed by atoms with van der Waals surface area (Å²) < 4.78 is 26.6. The quantitative estimate of drug-likeness (QED) is 0.756. The lowest BCUT2D eigenvalue weighted by molar-refractivity contribution is 0.567. The third kappa shape index (κ3) is 3.08. The van der Waals surface area contributed by atoms with Gasteiger partial charge in [-0.2, -0.15) is 0 Å². The van der Waals surface area contributed by atoms with E-state index < -0.39 is 11.6 Å². The zero-order valence-corrected chi connectivity index (χ0v) is 8.98. The average Bonchev–Trinajstić information content (AvgIpc) is 2.15. The highest BCUT2D eigenvalue weighted by molar-refractivity contribution is 5.54. The van der Waals surface area contributed by atoms with Crippen LogP contribution in [-0.4, -0.2) is 6.54 Å². The van der Waals surface area contributed by atoms with Gasteiger partial charge in [-0.15, -0.1) is 0 Å². The summed E-state index contributed by atoms with van der Waals surface area (Å²) in [5.74, 6) is -0.909. The molecule has 0 aliphatic rings. The van der Waals surface area contributed by atoms with Gasteiger partial charge >= 0.3 is 0 Å². The van der Waals surface area contributed by atoms with Crippen LogP contribution in [0.2, 0.25) is 0 Å². The normalized spacial score (nSPS) is 12.5. The minimum atomic E-state index is -0.643. The van der Waals surface area contributed by atoms with Crippen molar-refractivity contribution in [2.45, 2.75) is 20.3 Å². The van der Waals surface area contributed by atoms with E-state index >= 15 is 0 Å². The number of halogens is 2. The summed E-state index contributed by atoms with van der Waals surface area (Å²) in [5.41, 5.74) is 5.31. The molecule has 1 aromatic rings. The second-order valence-electron chi connectivity index (χ2n) is 3.75. The van der Waals surface area contributed by atoms with E-state index in [9.17, 15) is 8.78 Å². The van der Waals surface area contributed by atoms with Crippen molar-refractivity contribution >= 4 is 11.4 Å². The topological polar surface area (TPSA) is 38.0 Å². The Balaban J connectivity index is 2.77. The molecule has 0 aliphatic carbocycles. The van der Waals surface area contributed by atoms with Crippen LogP contribution in [0.5, 0.6) is 0 Å². The number of rotatable bonds is 4. The smallest absolute Gasteiger partial charge is 0.151 e. The fourth-order valence-electron chi connectivity index (χ4n) is 1.18. The van der Waals surface area contributed by atoms with Crippen LogP contribution in [0.3, 0.4) is 0 Å². The lowest BCUT2D eigenvalue weighted by Crippen LogP contribution is -2.12. The molecule has 2 nitrogen and oxygen atoms in total. The molecule has 1 aromatic carbocycles. The molecule has 84 valence electrons. The number of benzene rings is 1. The van der Waals surface area contributed by atoms with Gasteiger partial charge in [-0.05, 0) is 18.1 Å². The molecule has 3 N–H and O–H groups in total. The Morgan fingerprint density at radius 2 is 1.87 bits per heavy atom. The van der Waals surface area contributed by atoms with Crippen molar-refractivity contribution in [3.05, 3.63) is 23.8 Å². The number of hydrogen-bond donors (Lipinski definition) is 2. The summed E-state index contributed by atoms with van der Waals surface area (Å²) >= 11 is 0. The van der Waals surface area contributed by atoms with E-state index in [4.69, 9.17) is 5.73 Å². The maximum atomic E-state index is 13.3. The molecule has 4 heteroatoms. The van der Waals surface area contributed by atoms with E-state index in [1.807, 2.05) is 13.8 Å². The molecule has 0 saturated carbocycles. The summed E-state index contributed by atoms with van der Waals surface area (Å²) in [6.45, 7) is 4.59. The highest BCUT2D eigenvalue weighted by atomic mass is 19.1. The lowest BCUT2D eigenvalue weighted by Gasteiger charge is -2.13. The first-order valence-corrected chi connectivity index (χ1v) is 5.03. The molecule has 15 heavy (non-hydrogen) atoms. The second-order valence-corrected chi connectivity index (χ2v) is 3.75. The van der Waals surface area contributed by atoms with Gasteiger partial charge in [0.15, 0.2) is 11.6 Å². The molecular weight excluding hydrogens is 198 g/mol. The molecule has 0 fully saturated rings. The largest absolute Gasteiger partial charge is 0.399 e. The Morgan fingerprint density at radius 1 is 1.33 bits per heavy atom. The van der Waals surface area contributed by atoms with Gasteiger partial charge in [0.25, 0.3) is 0 Å². The van der Waals surface area contributed by atoms with Crippen LogP contribution in [0.1, 0.15) is 20.3 Å². The average molecular weight is 214 g/mol. The summed E-state index contributed by atoms with van der Waals surface area (Å²) in [6.07, 6.45) is 0.964. The molecule has 0 aromatic heterocycles. The fraction of sp³-hybridized carbons (Fsp3) is 0.455. The van der Waals surface area contributed by atoms with Gasteiger partial charge in [0.2, 0.25) is 0 Å². The molecular formula is C11H16F2N2. The van der Waals surface area contributed by atoms with E-state index in [0.717, 1.165) is 18.6 Å². The molecule has 0 radical (unpaired) electrons. The predicted molar refractivity (Wildman–Crippen MR) is 58.7 cm³/mol. The molecule has 0 heterocycles. The standard InChI is InChI=1S/C11H16F2N2/c1-3-7(2)6-15-11-9(12)4-8(14)5-10(11)13/h4-5,7,15H,3,6,14H2,1-2H3. The number of nitrogens with two attached hydrogens (primary N) is 1. The molecule has 0 spiro atoms. The zero-order chi connectivity index (χ0) is 11.4. The number of nitrogens with one attached hydrogen (secondary N) is 1. The predicted octanol–water partition coefficient (Wildman–Crippen LogP) is 3.00. The first-order chi connectivity index (χ1) is 7.04. The van der Waals surface area contributed by atoms with Crippen LogP contribution in [0.4, 0.5) is 20.2 Å². The van der Waals surface area contributed by atoms with Crippen LogP contribution < -0.4 is 11.1 Å². The summed E-state index contributed by atoms with van der Waals surface area (Å²) in [4.78, 5) is 0. The van der Waals surface area contributed by atoms with Crippen molar-refractivity contribution in [1.82, 2.24) is 0 Å². The van der Waals surface area contributed by atoms with Crippen molar-refractivity contribution in [2.75, 3.05) is 17.6 Å². The Morgan fingerprint density at radius 3 is 2.33 bits per heavy atom. The van der Waals surface area contributed by atoms with Gasteiger partial charge in [0, 0.05) is 12.2 Å². The third-order valence-corrected chi connectivity index (χ3v) is 2.39. The number of nitrogen functional groups attached to an aromatic ring is 1. The fourth-order valence-corrected chi connectivity index (χ4v) is 1.18. The van der Waals surface area contributed by atoms with Gasteiger partial charge in [-0.3, -0.25) is 0 Å². The van der Waals surface area contributed by atoms with Gasteiger partial charge in [-0.1, -0.05) is 20.3 Å². The van der Waals surface area contributed by atoms with Gasteiger partial charge < -0.3 is 11.1 Å². The van der Waals surface area contributed by atoms with Crippen molar-refractivity contribution in [3.63, 3.8) is 0 Å². The van der Waals surface area contributed by atoms with E-state index in [-0.39, 0.29) is 11.4 Å². The van der Waals surface area contributed by atoms with Gasteiger partial charge in [0.05, 0.1) is 0 Å². The van der Waals surface area contributed by atoms with Crippen LogP contribution in [0.15, 0.2) is 12.1 Å². The second kappa shape index (κ2) is 4.96. The first-order valence-electron chi connectivity index (χ1n) is 5.03. The summed E-state index contributed by atoms with van der Waals surface area (Å²) in [5, 5.41) is 2.75. The van der Waals surface area contributed by atoms with Crippen molar-refractivity contribution < 1.29 is 8.78 Å². The Bertz CT molecular complexity index is 316. The number of hydrogen-bond acceptors (Lipinski definition) is 2. The highest BCUT2D eigenvalue weighted by Gasteiger charge is 2.10. The summed E-state index contributed by atoms with van der Waals surface area (Å²) in [7, 11) is 0. The van der Waals surface area contributed by atoms with Crippen molar-refractivity contribution in [3.8, 4) is 0 Å². The monoisotopic (exact) mass is 214 g/mol. The van der Waals surface area contributed by atoms with E-state index in [1.54, 1.807) is 0 Å². The minimum absolute atomic E-state index is 0.0931. The van der Waals surface area contributed by atoms with Crippen LogP contribution in [-0.2, 0) is 0 Å². The maximum absolute atomic E-state index is 13.3. The van der Waals surface area contributed by atoms with Crippen LogP contribution in [0, 0.1) is 17.6 Å². The molecule has 0 saturated heterocycles. The molecule has 0 amide bonds. The Kier molecular flexibility index (Phi) is 3.88. The van der Waals surface area contributed by atoms with E-state index in [1.165, 1.54) is 0 Å². The number of anilines is 2. The highest BCUT2D eigenvalue weighted by Crippen LogP contribution is 2.22. The molecule has 1 atom stereocenters. The van der Waals surface area contributed by atoms with E-state index in [2.05, 4.69) is 5.32 Å². The molecule has 1 unspecified atom stereocenters. The molecule has 1 rings (SSSR count). The first kappa shape index (κ1) is 11.8. The summed E-state index contributed by atoms with van der Waals surface area (Å²) in [6, 6.07) is 2.23. The Hall–Kier alpha value is -1.32. The minimum Gasteiger partial charge on any atom is -0.399 e. The van der Waals surface area contributed by atoms with Crippen molar-refractivity contribution in [1.29, 1.82) is 0 Å². The maximum Gasteiger partial charge on any atom is 0.151 e. The lowest BCUT2D eigenvalue weighted by atomic mass is 10.1. The van der Waals surface area contributed by atoms with E-state index in [0.29, 0.717) is 12.5 Å². The van der Waals surface area contributed by atoms with Gasteiger partial charge in [0.1, 0.15) is 5.69 Å². The Labute approximate surface area is 88.5 Å². The third-order valence-electron chi connectivity index (χ3n) is 2.39. The molecule has 0 aliphatic heterocycles. The van der Waals surface area contributed by atoms with Crippen LogP contribution >= 0.6 is 0 Å².